The van der Waals surface area contributed by atoms with Crippen LogP contribution in [-0.2, 0) is 0 Å². The predicted molar refractivity (Wildman–Crippen MR) is 80.9 cm³/mol. The van der Waals surface area contributed by atoms with Gasteiger partial charge in [0.25, 0.3) is 0 Å². The third kappa shape index (κ3) is 3.80. The molecule has 0 heterocycles. The molecule has 1 saturated carbocycles. The lowest BCUT2D eigenvalue weighted by Gasteiger charge is -2.21. The van der Waals surface area contributed by atoms with E-state index in [2.05, 4.69) is 19.2 Å². The molecule has 1 aliphatic carbocycles. The smallest absolute Gasteiger partial charge is 0.124 e. The number of hydrogen-bond donors (Lipinski definition) is 3. The fraction of sp³-hybridized carbons (Fsp3) is 0.600. The largest absolute Gasteiger partial charge is 0.508 e. The van der Waals surface area contributed by atoms with E-state index in [1.165, 1.54) is 31.1 Å². The number of hydrogen-bond acceptors (Lipinski definition) is 4. The molecule has 1 aliphatic rings. The molecule has 19 heavy (non-hydrogen) atoms. The SMILES string of the molecule is CCSC1CCC(NC(C)c2ccc(O)cc2O)C1. The molecule has 3 atom stereocenters. The summed E-state index contributed by atoms with van der Waals surface area (Å²) in [6, 6.07) is 5.45. The van der Waals surface area contributed by atoms with Crippen molar-refractivity contribution in [1.29, 1.82) is 0 Å². The predicted octanol–water partition coefficient (Wildman–Crippen LogP) is 3.42. The summed E-state index contributed by atoms with van der Waals surface area (Å²) in [5, 5.41) is 23.6. The van der Waals surface area contributed by atoms with Gasteiger partial charge in [-0.15, -0.1) is 0 Å². The topological polar surface area (TPSA) is 52.5 Å². The second-order valence-corrected chi connectivity index (χ2v) is 6.80. The first-order valence-corrected chi connectivity index (χ1v) is 8.04. The third-order valence-corrected chi connectivity index (χ3v) is 4.99. The van der Waals surface area contributed by atoms with E-state index in [9.17, 15) is 10.2 Å². The monoisotopic (exact) mass is 281 g/mol. The zero-order valence-electron chi connectivity index (χ0n) is 11.6. The van der Waals surface area contributed by atoms with E-state index in [-0.39, 0.29) is 17.5 Å². The number of phenolic OH excluding ortho intramolecular Hbond substituents is 2. The molecule has 1 aromatic rings. The van der Waals surface area contributed by atoms with Crippen LogP contribution in [-0.4, -0.2) is 27.3 Å². The summed E-state index contributed by atoms with van der Waals surface area (Å²) in [6.07, 6.45) is 3.70. The Morgan fingerprint density at radius 1 is 1.37 bits per heavy atom. The molecule has 2 rings (SSSR count). The summed E-state index contributed by atoms with van der Waals surface area (Å²) in [4.78, 5) is 0. The molecule has 1 fully saturated rings. The van der Waals surface area contributed by atoms with Gasteiger partial charge in [0, 0.05) is 29.0 Å². The maximum Gasteiger partial charge on any atom is 0.124 e. The van der Waals surface area contributed by atoms with E-state index in [1.54, 1.807) is 12.1 Å². The molecule has 3 unspecified atom stereocenters. The van der Waals surface area contributed by atoms with Crippen LogP contribution in [0.1, 0.15) is 44.7 Å². The average Bonchev–Trinajstić information content (AvgIpc) is 2.76. The first kappa shape index (κ1) is 14.5. The molecule has 1 aromatic carbocycles. The van der Waals surface area contributed by atoms with Crippen LogP contribution < -0.4 is 5.32 Å². The zero-order chi connectivity index (χ0) is 13.8. The minimum absolute atomic E-state index is 0.105. The number of nitrogens with one attached hydrogen (secondary N) is 1. The van der Waals surface area contributed by atoms with E-state index >= 15 is 0 Å². The minimum atomic E-state index is 0.105. The van der Waals surface area contributed by atoms with E-state index in [0.717, 1.165) is 10.8 Å². The molecule has 0 spiro atoms. The summed E-state index contributed by atoms with van der Waals surface area (Å²) in [5.74, 6) is 1.46. The third-order valence-electron chi connectivity index (χ3n) is 3.75. The minimum Gasteiger partial charge on any atom is -0.508 e. The van der Waals surface area contributed by atoms with Gasteiger partial charge < -0.3 is 15.5 Å². The Morgan fingerprint density at radius 2 is 2.16 bits per heavy atom. The van der Waals surface area contributed by atoms with E-state index < -0.39 is 0 Å². The van der Waals surface area contributed by atoms with E-state index in [4.69, 9.17) is 0 Å². The molecule has 0 aliphatic heterocycles. The zero-order valence-corrected chi connectivity index (χ0v) is 12.4. The lowest BCUT2D eigenvalue weighted by Crippen LogP contribution is -2.29. The molecule has 0 radical (unpaired) electrons. The number of thioether (sulfide) groups is 1. The van der Waals surface area contributed by atoms with Gasteiger partial charge in [-0.05, 0) is 38.0 Å². The van der Waals surface area contributed by atoms with Gasteiger partial charge in [-0.1, -0.05) is 13.0 Å². The van der Waals surface area contributed by atoms with Gasteiger partial charge in [0.1, 0.15) is 11.5 Å². The van der Waals surface area contributed by atoms with E-state index in [0.29, 0.717) is 6.04 Å². The quantitative estimate of drug-likeness (QED) is 0.774. The first-order valence-electron chi connectivity index (χ1n) is 6.99. The van der Waals surface area contributed by atoms with Gasteiger partial charge in [0.2, 0.25) is 0 Å². The molecule has 3 nitrogen and oxygen atoms in total. The van der Waals surface area contributed by atoms with Crippen molar-refractivity contribution in [3.8, 4) is 11.5 Å². The van der Waals surface area contributed by atoms with Crippen LogP contribution in [0.3, 0.4) is 0 Å². The van der Waals surface area contributed by atoms with Crippen molar-refractivity contribution in [2.75, 3.05) is 5.75 Å². The summed E-state index contributed by atoms with van der Waals surface area (Å²) < 4.78 is 0. The van der Waals surface area contributed by atoms with Crippen molar-refractivity contribution >= 4 is 11.8 Å². The summed E-state index contributed by atoms with van der Waals surface area (Å²) in [6.45, 7) is 4.27. The molecule has 106 valence electrons. The number of phenols is 2. The Kier molecular flexibility index (Phi) is 4.99. The lowest BCUT2D eigenvalue weighted by molar-refractivity contribution is 0.419. The van der Waals surface area contributed by atoms with Gasteiger partial charge in [-0.2, -0.15) is 11.8 Å². The average molecular weight is 281 g/mol. The summed E-state index contributed by atoms with van der Waals surface area (Å²) >= 11 is 2.05. The fourth-order valence-corrected chi connectivity index (χ4v) is 3.96. The number of rotatable bonds is 5. The highest BCUT2D eigenvalue weighted by Gasteiger charge is 2.26. The molecule has 0 bridgehead atoms. The second-order valence-electron chi connectivity index (χ2n) is 5.22. The van der Waals surface area contributed by atoms with Gasteiger partial charge in [0.15, 0.2) is 0 Å². The van der Waals surface area contributed by atoms with Crippen molar-refractivity contribution in [1.82, 2.24) is 5.32 Å². The van der Waals surface area contributed by atoms with Crippen LogP contribution in [0.4, 0.5) is 0 Å². The molecule has 0 amide bonds. The Labute approximate surface area is 119 Å². The normalized spacial score (nSPS) is 24.5. The first-order chi connectivity index (χ1) is 9.10. The molecular formula is C15H23NO2S. The fourth-order valence-electron chi connectivity index (χ4n) is 2.82. The standard InChI is InChI=1S/C15H23NO2S/c1-3-19-13-6-4-11(8-13)16-10(2)14-7-5-12(17)9-15(14)18/h5,7,9-11,13,16-18H,3-4,6,8H2,1-2H3. The highest BCUT2D eigenvalue weighted by molar-refractivity contribution is 7.99. The number of aromatic hydroxyl groups is 2. The van der Waals surface area contributed by atoms with Crippen LogP contribution >= 0.6 is 11.8 Å². The maximum atomic E-state index is 9.87. The highest BCUT2D eigenvalue weighted by atomic mass is 32.2. The van der Waals surface area contributed by atoms with Gasteiger partial charge in [-0.3, -0.25) is 0 Å². The Bertz CT molecular complexity index is 425. The van der Waals surface area contributed by atoms with Crippen molar-refractivity contribution in [3.63, 3.8) is 0 Å². The Morgan fingerprint density at radius 3 is 2.84 bits per heavy atom. The van der Waals surface area contributed by atoms with Crippen molar-refractivity contribution in [2.24, 2.45) is 0 Å². The molecule has 0 aromatic heterocycles. The van der Waals surface area contributed by atoms with Crippen LogP contribution in [0.15, 0.2) is 18.2 Å². The van der Waals surface area contributed by atoms with Crippen LogP contribution in [0, 0.1) is 0 Å². The van der Waals surface area contributed by atoms with Crippen LogP contribution in [0.25, 0.3) is 0 Å². The lowest BCUT2D eigenvalue weighted by atomic mass is 10.1. The maximum absolute atomic E-state index is 9.87. The highest BCUT2D eigenvalue weighted by Crippen LogP contribution is 2.33. The van der Waals surface area contributed by atoms with Crippen molar-refractivity contribution in [2.45, 2.75) is 50.4 Å². The van der Waals surface area contributed by atoms with Gasteiger partial charge in [-0.25, -0.2) is 0 Å². The van der Waals surface area contributed by atoms with Gasteiger partial charge in [0.05, 0.1) is 0 Å². The van der Waals surface area contributed by atoms with Crippen molar-refractivity contribution in [3.05, 3.63) is 23.8 Å². The molecule has 4 heteroatoms. The Hall–Kier alpha value is -0.870. The summed E-state index contributed by atoms with van der Waals surface area (Å²) in [5.41, 5.74) is 0.851. The van der Waals surface area contributed by atoms with E-state index in [1.807, 2.05) is 11.8 Å². The second kappa shape index (κ2) is 6.53. The Balaban J connectivity index is 1.92. The van der Waals surface area contributed by atoms with Gasteiger partial charge >= 0.3 is 0 Å². The van der Waals surface area contributed by atoms with Crippen LogP contribution in [0.5, 0.6) is 11.5 Å². The van der Waals surface area contributed by atoms with Crippen LogP contribution in [0.2, 0.25) is 0 Å². The van der Waals surface area contributed by atoms with Crippen molar-refractivity contribution < 1.29 is 10.2 Å². The number of benzene rings is 1. The molecule has 3 N–H and O–H groups in total. The summed E-state index contributed by atoms with van der Waals surface area (Å²) in [7, 11) is 0. The molecular weight excluding hydrogens is 258 g/mol. The molecule has 0 saturated heterocycles.